The van der Waals surface area contributed by atoms with Gasteiger partial charge in [0, 0.05) is 32.0 Å². The van der Waals surface area contributed by atoms with Gasteiger partial charge < -0.3 is 30.4 Å². The maximum absolute atomic E-state index is 13.1. The number of hydrogen-bond donors (Lipinski definition) is 4. The van der Waals surface area contributed by atoms with Gasteiger partial charge in [0.05, 0.1) is 24.9 Å². The highest BCUT2D eigenvalue weighted by Crippen LogP contribution is 2.23. The Morgan fingerprint density at radius 1 is 1.29 bits per heavy atom. The number of aliphatic hydroxyl groups is 1. The van der Waals surface area contributed by atoms with Gasteiger partial charge in [0.25, 0.3) is 11.5 Å². The number of carbonyl (C=O) groups excluding carboxylic acids is 1. The number of nitrogens with zero attached hydrogens (tertiary/aromatic N) is 4. The minimum absolute atomic E-state index is 0.00513. The molecule has 180 valence electrons. The van der Waals surface area contributed by atoms with Gasteiger partial charge in [0.2, 0.25) is 0 Å². The summed E-state index contributed by atoms with van der Waals surface area (Å²) in [6, 6.07) is 5.20. The van der Waals surface area contributed by atoms with Crippen LogP contribution in [0.2, 0.25) is 0 Å². The number of hydrogen-bond acceptors (Lipinski definition) is 8. The van der Waals surface area contributed by atoms with Crippen LogP contribution >= 0.6 is 0 Å². The second-order valence-electron chi connectivity index (χ2n) is 8.84. The number of nitrogens with one attached hydrogen (secondary N) is 3. The Bertz CT molecular complexity index is 1250. The van der Waals surface area contributed by atoms with Gasteiger partial charge in [-0.2, -0.15) is 9.61 Å². The molecule has 5 rings (SSSR count). The van der Waals surface area contributed by atoms with Gasteiger partial charge >= 0.3 is 0 Å². The molecule has 3 aromatic heterocycles. The van der Waals surface area contributed by atoms with E-state index in [4.69, 9.17) is 4.74 Å². The van der Waals surface area contributed by atoms with Crippen LogP contribution < -0.4 is 21.5 Å². The maximum Gasteiger partial charge on any atom is 0.274 e. The Morgan fingerprint density at radius 2 is 2.18 bits per heavy atom. The molecule has 2 fully saturated rings. The Morgan fingerprint density at radius 3 is 2.91 bits per heavy atom. The van der Waals surface area contributed by atoms with Gasteiger partial charge in [0.1, 0.15) is 22.9 Å². The average Bonchev–Trinajstić information content (AvgIpc) is 3.46. The van der Waals surface area contributed by atoms with Crippen LogP contribution in [-0.4, -0.2) is 62.6 Å². The summed E-state index contributed by atoms with van der Waals surface area (Å²) in [6.45, 7) is 1.24. The topological polar surface area (TPSA) is 135 Å². The van der Waals surface area contributed by atoms with Crippen LogP contribution in [0, 0.1) is 0 Å². The number of rotatable bonds is 6. The minimum atomic E-state index is -0.380. The standard InChI is InChI=1S/C23H29N7O4/c1-24-20-11-19(27-18-5-2-8-29(23(18)33)15-4-3-9-34-13-15)28-21-17(12-25-30(20)21)22(32)26-14-6-7-16(31)10-14/h2,5,8,11-12,14-16,24,31H,3-4,6-7,9-10,13H2,1H3,(H,26,32)(H,27,28)/t14-,15+,16-/m0/s1. The molecule has 0 radical (unpaired) electrons. The second-order valence-corrected chi connectivity index (χ2v) is 8.84. The fourth-order valence-corrected chi connectivity index (χ4v) is 4.69. The van der Waals surface area contributed by atoms with E-state index in [-0.39, 0.29) is 29.7 Å². The molecule has 0 aromatic carbocycles. The highest BCUT2D eigenvalue weighted by molar-refractivity contribution is 6.00. The molecule has 4 N–H and O–H groups in total. The molecule has 0 unspecified atom stereocenters. The van der Waals surface area contributed by atoms with Crippen LogP contribution in [0.3, 0.4) is 0 Å². The van der Waals surface area contributed by atoms with Gasteiger partial charge in [-0.15, -0.1) is 0 Å². The highest BCUT2D eigenvalue weighted by Gasteiger charge is 2.26. The summed E-state index contributed by atoms with van der Waals surface area (Å²) in [4.78, 5) is 30.7. The highest BCUT2D eigenvalue weighted by atomic mass is 16.5. The van der Waals surface area contributed by atoms with E-state index in [1.54, 1.807) is 34.5 Å². The predicted octanol–water partition coefficient (Wildman–Crippen LogP) is 1.67. The predicted molar refractivity (Wildman–Crippen MR) is 127 cm³/mol. The summed E-state index contributed by atoms with van der Waals surface area (Å²) < 4.78 is 8.79. The molecule has 3 atom stereocenters. The van der Waals surface area contributed by atoms with E-state index in [0.717, 1.165) is 25.9 Å². The molecule has 34 heavy (non-hydrogen) atoms. The van der Waals surface area contributed by atoms with Crippen molar-refractivity contribution in [1.82, 2.24) is 24.5 Å². The third kappa shape index (κ3) is 4.36. The van der Waals surface area contributed by atoms with Crippen molar-refractivity contribution in [3.05, 3.63) is 46.5 Å². The van der Waals surface area contributed by atoms with Crippen LogP contribution in [0.5, 0.6) is 0 Å². The van der Waals surface area contributed by atoms with Crippen molar-refractivity contribution in [3.8, 4) is 0 Å². The summed E-state index contributed by atoms with van der Waals surface area (Å²) >= 11 is 0. The van der Waals surface area contributed by atoms with E-state index >= 15 is 0 Å². The summed E-state index contributed by atoms with van der Waals surface area (Å²) in [6.07, 6.45) is 6.65. The Labute approximate surface area is 196 Å². The number of aromatic nitrogens is 4. The largest absolute Gasteiger partial charge is 0.393 e. The van der Waals surface area contributed by atoms with E-state index in [2.05, 4.69) is 26.0 Å². The smallest absolute Gasteiger partial charge is 0.274 e. The fraction of sp³-hybridized carbons (Fsp3) is 0.478. The molecule has 3 aromatic rings. The lowest BCUT2D eigenvalue weighted by atomic mass is 10.1. The monoisotopic (exact) mass is 467 g/mol. The first-order chi connectivity index (χ1) is 16.5. The molecular weight excluding hydrogens is 438 g/mol. The third-order valence-electron chi connectivity index (χ3n) is 6.48. The molecule has 1 amide bonds. The third-order valence-corrected chi connectivity index (χ3v) is 6.48. The molecule has 1 saturated heterocycles. The van der Waals surface area contributed by atoms with Gasteiger partial charge in [0.15, 0.2) is 5.65 Å². The van der Waals surface area contributed by atoms with Crippen LogP contribution in [0.4, 0.5) is 17.3 Å². The molecule has 11 heteroatoms. The first kappa shape index (κ1) is 22.4. The van der Waals surface area contributed by atoms with E-state index in [0.29, 0.717) is 48.0 Å². The van der Waals surface area contributed by atoms with Gasteiger partial charge in [-0.3, -0.25) is 9.59 Å². The Balaban J connectivity index is 1.44. The van der Waals surface area contributed by atoms with Crippen LogP contribution in [0.25, 0.3) is 5.65 Å². The van der Waals surface area contributed by atoms with Crippen molar-refractivity contribution >= 4 is 28.9 Å². The van der Waals surface area contributed by atoms with E-state index in [1.807, 2.05) is 6.07 Å². The van der Waals surface area contributed by atoms with E-state index in [9.17, 15) is 14.7 Å². The first-order valence-electron chi connectivity index (χ1n) is 11.6. The van der Waals surface area contributed by atoms with Gasteiger partial charge in [-0.05, 0) is 44.2 Å². The second kappa shape index (κ2) is 9.43. The van der Waals surface area contributed by atoms with Crippen molar-refractivity contribution in [2.24, 2.45) is 0 Å². The summed E-state index contributed by atoms with van der Waals surface area (Å²) in [7, 11) is 1.75. The molecule has 1 aliphatic carbocycles. The average molecular weight is 468 g/mol. The minimum Gasteiger partial charge on any atom is -0.393 e. The number of anilines is 3. The number of ether oxygens (including phenoxy) is 1. The zero-order valence-electron chi connectivity index (χ0n) is 19.0. The van der Waals surface area contributed by atoms with Gasteiger partial charge in [-0.1, -0.05) is 0 Å². The van der Waals surface area contributed by atoms with Crippen molar-refractivity contribution in [1.29, 1.82) is 0 Å². The maximum atomic E-state index is 13.1. The first-order valence-corrected chi connectivity index (χ1v) is 11.6. The lowest BCUT2D eigenvalue weighted by Crippen LogP contribution is -2.33. The Hall–Kier alpha value is -3.44. The summed E-state index contributed by atoms with van der Waals surface area (Å²) in [5.41, 5.74) is 0.920. The number of fused-ring (bicyclic) bond motifs is 1. The summed E-state index contributed by atoms with van der Waals surface area (Å²) in [5.74, 6) is 0.734. The zero-order valence-corrected chi connectivity index (χ0v) is 19.0. The Kier molecular flexibility index (Phi) is 6.20. The summed E-state index contributed by atoms with van der Waals surface area (Å²) in [5, 5.41) is 23.2. The molecular formula is C23H29N7O4. The lowest BCUT2D eigenvalue weighted by molar-refractivity contribution is 0.0581. The zero-order chi connectivity index (χ0) is 23.7. The fourth-order valence-electron chi connectivity index (χ4n) is 4.69. The number of pyridine rings is 1. The van der Waals surface area contributed by atoms with Crippen LogP contribution in [0.15, 0.2) is 35.4 Å². The molecule has 1 saturated carbocycles. The van der Waals surface area contributed by atoms with Crippen molar-refractivity contribution in [2.45, 2.75) is 50.3 Å². The van der Waals surface area contributed by atoms with Crippen LogP contribution in [0.1, 0.15) is 48.5 Å². The molecule has 0 bridgehead atoms. The van der Waals surface area contributed by atoms with Crippen molar-refractivity contribution in [2.75, 3.05) is 30.9 Å². The lowest BCUT2D eigenvalue weighted by Gasteiger charge is -2.24. The molecule has 0 spiro atoms. The number of carbonyl (C=O) groups is 1. The van der Waals surface area contributed by atoms with E-state index < -0.39 is 0 Å². The van der Waals surface area contributed by atoms with Gasteiger partial charge in [-0.25, -0.2) is 4.98 Å². The van der Waals surface area contributed by atoms with Crippen molar-refractivity contribution < 1.29 is 14.6 Å². The normalized spacial score (nSPS) is 22.6. The van der Waals surface area contributed by atoms with E-state index in [1.165, 1.54) is 6.20 Å². The molecule has 4 heterocycles. The number of aliphatic hydroxyl groups excluding tert-OH is 1. The SMILES string of the molecule is CNc1cc(Nc2cccn([C@@H]3CCCOC3)c2=O)nc2c(C(=O)N[C@H]3CC[C@H](O)C3)cnn12. The molecule has 11 nitrogen and oxygen atoms in total. The van der Waals surface area contributed by atoms with Crippen molar-refractivity contribution in [3.63, 3.8) is 0 Å². The van der Waals surface area contributed by atoms with Crippen LogP contribution in [-0.2, 0) is 4.74 Å². The quantitative estimate of drug-likeness (QED) is 0.430. The molecule has 2 aliphatic rings. The number of amides is 1. The molecule has 1 aliphatic heterocycles.